The van der Waals surface area contributed by atoms with Crippen LogP contribution in [0.5, 0.6) is 5.75 Å². The molecule has 9 nitrogen and oxygen atoms in total. The highest BCUT2D eigenvalue weighted by Gasteiger charge is 2.38. The topological polar surface area (TPSA) is 100 Å². The summed E-state index contributed by atoms with van der Waals surface area (Å²) in [5, 5.41) is 2.93. The van der Waals surface area contributed by atoms with Crippen molar-refractivity contribution in [1.29, 1.82) is 0 Å². The fourth-order valence-electron chi connectivity index (χ4n) is 5.31. The number of nitrogens with two attached hydrogens (primary N) is 1. The molecule has 38 heavy (non-hydrogen) atoms. The lowest BCUT2D eigenvalue weighted by Crippen LogP contribution is -2.58. The van der Waals surface area contributed by atoms with Crippen LogP contribution in [0, 0.1) is 0 Å². The number of ether oxygens (including phenoxy) is 2. The zero-order chi connectivity index (χ0) is 26.7. The van der Waals surface area contributed by atoms with E-state index in [0.29, 0.717) is 37.4 Å². The number of rotatable bonds is 11. The fourth-order valence-corrected chi connectivity index (χ4v) is 5.31. The molecule has 0 saturated carbocycles. The Morgan fingerprint density at radius 3 is 2.63 bits per heavy atom. The van der Waals surface area contributed by atoms with E-state index in [-0.39, 0.29) is 17.9 Å². The summed E-state index contributed by atoms with van der Waals surface area (Å²) in [6.07, 6.45) is 1.37. The van der Waals surface area contributed by atoms with Gasteiger partial charge in [0.15, 0.2) is 0 Å². The van der Waals surface area contributed by atoms with Gasteiger partial charge in [0.25, 0.3) is 5.91 Å². The van der Waals surface area contributed by atoms with Crippen LogP contribution in [0.25, 0.3) is 0 Å². The SMILES string of the molecule is COc1cccc(C(=O)N2CCC(N(CCN3CCOCC3)Cc3ccccc3)C[C@@H]2C(=O)NCCN)c1. The van der Waals surface area contributed by atoms with Crippen LogP contribution in [0.2, 0.25) is 0 Å². The first-order valence-corrected chi connectivity index (χ1v) is 13.6. The lowest BCUT2D eigenvalue weighted by Gasteiger charge is -2.43. The van der Waals surface area contributed by atoms with E-state index < -0.39 is 6.04 Å². The third-order valence-electron chi connectivity index (χ3n) is 7.45. The molecule has 1 unspecified atom stereocenters. The van der Waals surface area contributed by atoms with Crippen molar-refractivity contribution in [3.63, 3.8) is 0 Å². The number of carbonyl (C=O) groups excluding carboxylic acids is 2. The van der Waals surface area contributed by atoms with E-state index >= 15 is 0 Å². The molecule has 2 atom stereocenters. The van der Waals surface area contributed by atoms with E-state index in [1.54, 1.807) is 30.2 Å². The second-order valence-corrected chi connectivity index (χ2v) is 9.91. The van der Waals surface area contributed by atoms with E-state index in [4.69, 9.17) is 15.2 Å². The number of amides is 2. The number of benzene rings is 2. The minimum Gasteiger partial charge on any atom is -0.497 e. The molecule has 206 valence electrons. The second kappa shape index (κ2) is 14.2. The van der Waals surface area contributed by atoms with E-state index in [0.717, 1.165) is 52.4 Å². The van der Waals surface area contributed by atoms with Crippen molar-refractivity contribution in [1.82, 2.24) is 20.0 Å². The Hall–Kier alpha value is -2.98. The van der Waals surface area contributed by atoms with Crippen LogP contribution in [0.1, 0.15) is 28.8 Å². The van der Waals surface area contributed by atoms with Crippen LogP contribution in [0.4, 0.5) is 0 Å². The number of methoxy groups -OCH3 is 1. The number of hydrogen-bond acceptors (Lipinski definition) is 7. The van der Waals surface area contributed by atoms with Crippen LogP contribution in [0.3, 0.4) is 0 Å². The zero-order valence-corrected chi connectivity index (χ0v) is 22.4. The Bertz CT molecular complexity index is 1030. The number of likely N-dealkylation sites (tertiary alicyclic amines) is 1. The summed E-state index contributed by atoms with van der Waals surface area (Å²) >= 11 is 0. The standard InChI is InChI=1S/C29H41N5O4/c1-37-26-9-5-8-24(20-26)29(36)34-13-10-25(21-27(34)28(35)31-12-11-30)33(22-23-6-3-2-4-7-23)15-14-32-16-18-38-19-17-32/h2-9,20,25,27H,10-19,21-22,30H2,1H3,(H,31,35)/t25?,27-/m1/s1. The third kappa shape index (κ3) is 7.54. The summed E-state index contributed by atoms with van der Waals surface area (Å²) in [6.45, 7) is 7.30. The van der Waals surface area contributed by atoms with E-state index in [2.05, 4.69) is 39.4 Å². The number of carbonyl (C=O) groups is 2. The van der Waals surface area contributed by atoms with Gasteiger partial charge in [0, 0.05) is 64.0 Å². The van der Waals surface area contributed by atoms with E-state index in [1.165, 1.54) is 5.56 Å². The number of hydrogen-bond donors (Lipinski definition) is 2. The van der Waals surface area contributed by atoms with Crippen molar-refractivity contribution in [2.75, 3.05) is 66.1 Å². The normalized spacial score (nSPS) is 20.3. The quantitative estimate of drug-likeness (QED) is 0.461. The van der Waals surface area contributed by atoms with Gasteiger partial charge in [0.05, 0.1) is 20.3 Å². The second-order valence-electron chi connectivity index (χ2n) is 9.91. The number of nitrogens with one attached hydrogen (secondary N) is 1. The molecule has 0 spiro atoms. The minimum atomic E-state index is -0.569. The number of morpholine rings is 1. The maximum absolute atomic E-state index is 13.6. The average molecular weight is 524 g/mol. The molecule has 2 fully saturated rings. The van der Waals surface area contributed by atoms with E-state index in [1.807, 2.05) is 12.1 Å². The molecule has 2 amide bonds. The highest BCUT2D eigenvalue weighted by atomic mass is 16.5. The largest absolute Gasteiger partial charge is 0.497 e. The zero-order valence-electron chi connectivity index (χ0n) is 22.4. The van der Waals surface area contributed by atoms with Gasteiger partial charge < -0.3 is 25.4 Å². The van der Waals surface area contributed by atoms with Gasteiger partial charge >= 0.3 is 0 Å². The lowest BCUT2D eigenvalue weighted by molar-refractivity contribution is -0.127. The Balaban J connectivity index is 1.53. The molecule has 0 bridgehead atoms. The molecule has 0 aromatic heterocycles. The minimum absolute atomic E-state index is 0.149. The Morgan fingerprint density at radius 2 is 1.89 bits per heavy atom. The van der Waals surface area contributed by atoms with Crippen molar-refractivity contribution in [3.8, 4) is 5.75 Å². The summed E-state index contributed by atoms with van der Waals surface area (Å²) in [5.74, 6) is 0.314. The Morgan fingerprint density at radius 1 is 1.11 bits per heavy atom. The molecular weight excluding hydrogens is 482 g/mol. The molecule has 2 aliphatic rings. The van der Waals surface area contributed by atoms with Crippen LogP contribution in [-0.4, -0.2) is 105 Å². The van der Waals surface area contributed by atoms with Crippen molar-refractivity contribution in [3.05, 3.63) is 65.7 Å². The van der Waals surface area contributed by atoms with Crippen LogP contribution in [-0.2, 0) is 16.1 Å². The molecule has 3 N–H and O–H groups in total. The molecule has 0 aliphatic carbocycles. The Kier molecular flexibility index (Phi) is 10.5. The number of piperidine rings is 1. The Labute approximate surface area is 225 Å². The van der Waals surface area contributed by atoms with Crippen molar-refractivity contribution < 1.29 is 19.1 Å². The summed E-state index contributed by atoms with van der Waals surface area (Å²) < 4.78 is 10.8. The van der Waals surface area contributed by atoms with Gasteiger partial charge in [-0.05, 0) is 36.6 Å². The van der Waals surface area contributed by atoms with Crippen LogP contribution in [0.15, 0.2) is 54.6 Å². The van der Waals surface area contributed by atoms with Crippen molar-refractivity contribution >= 4 is 11.8 Å². The fraction of sp³-hybridized carbons (Fsp3) is 0.517. The molecule has 2 heterocycles. The molecule has 2 aliphatic heterocycles. The average Bonchev–Trinajstić information content (AvgIpc) is 2.98. The molecule has 2 aromatic rings. The summed E-state index contributed by atoms with van der Waals surface area (Å²) in [4.78, 5) is 33.6. The molecule has 9 heteroatoms. The van der Waals surface area contributed by atoms with Crippen LogP contribution < -0.4 is 15.8 Å². The molecule has 2 aromatic carbocycles. The highest BCUT2D eigenvalue weighted by Crippen LogP contribution is 2.26. The summed E-state index contributed by atoms with van der Waals surface area (Å²) in [7, 11) is 1.58. The van der Waals surface area contributed by atoms with Gasteiger partial charge in [-0.25, -0.2) is 0 Å². The van der Waals surface area contributed by atoms with Crippen molar-refractivity contribution in [2.24, 2.45) is 5.73 Å². The molecule has 0 radical (unpaired) electrons. The van der Waals surface area contributed by atoms with Crippen LogP contribution >= 0.6 is 0 Å². The number of nitrogens with zero attached hydrogens (tertiary/aromatic N) is 3. The van der Waals surface area contributed by atoms with Gasteiger partial charge in [-0.1, -0.05) is 36.4 Å². The maximum Gasteiger partial charge on any atom is 0.254 e. The monoisotopic (exact) mass is 523 g/mol. The van der Waals surface area contributed by atoms with Gasteiger partial charge in [-0.15, -0.1) is 0 Å². The third-order valence-corrected chi connectivity index (χ3v) is 7.45. The molecule has 4 rings (SSSR count). The maximum atomic E-state index is 13.6. The molecular formula is C29H41N5O4. The highest BCUT2D eigenvalue weighted by molar-refractivity contribution is 5.98. The summed E-state index contributed by atoms with van der Waals surface area (Å²) in [5.41, 5.74) is 7.43. The van der Waals surface area contributed by atoms with Gasteiger partial charge in [0.2, 0.25) is 5.91 Å². The summed E-state index contributed by atoms with van der Waals surface area (Å²) in [6, 6.07) is 17.2. The van der Waals surface area contributed by atoms with Gasteiger partial charge in [-0.3, -0.25) is 19.4 Å². The lowest BCUT2D eigenvalue weighted by atomic mass is 9.93. The van der Waals surface area contributed by atoms with E-state index in [9.17, 15) is 9.59 Å². The first kappa shape index (κ1) is 28.0. The predicted molar refractivity (Wildman–Crippen MR) is 147 cm³/mol. The first-order valence-electron chi connectivity index (χ1n) is 13.6. The predicted octanol–water partition coefficient (Wildman–Crippen LogP) is 1.58. The molecule has 2 saturated heterocycles. The first-order chi connectivity index (χ1) is 18.6. The van der Waals surface area contributed by atoms with Crippen molar-refractivity contribution in [2.45, 2.75) is 31.5 Å². The van der Waals surface area contributed by atoms with Gasteiger partial charge in [-0.2, -0.15) is 0 Å². The van der Waals surface area contributed by atoms with Gasteiger partial charge in [0.1, 0.15) is 11.8 Å². The smallest absolute Gasteiger partial charge is 0.254 e.